The van der Waals surface area contributed by atoms with Crippen LogP contribution in [0.2, 0.25) is 0 Å². The van der Waals surface area contributed by atoms with E-state index in [2.05, 4.69) is 0 Å². The first-order chi connectivity index (χ1) is 13.6. The molecule has 1 saturated heterocycles. The van der Waals surface area contributed by atoms with E-state index >= 15 is 0 Å². The fourth-order valence-corrected chi connectivity index (χ4v) is 3.96. The summed E-state index contributed by atoms with van der Waals surface area (Å²) >= 11 is 0.827. The third-order valence-corrected chi connectivity index (χ3v) is 5.34. The number of nitrogens with zero attached hydrogens (tertiary/aromatic N) is 2. The highest BCUT2D eigenvalue weighted by Crippen LogP contribution is 2.38. The summed E-state index contributed by atoms with van der Waals surface area (Å²) in [5.74, 6) is -0.381. The molecule has 0 aliphatic carbocycles. The second-order valence-electron chi connectivity index (χ2n) is 6.03. The zero-order valence-electron chi connectivity index (χ0n) is 15.3. The minimum Gasteiger partial charge on any atom is -0.495 e. The minimum atomic E-state index is -0.824. The van der Waals surface area contributed by atoms with Crippen LogP contribution in [0.15, 0.2) is 54.6 Å². The number of benzene rings is 2. The van der Waals surface area contributed by atoms with E-state index in [1.54, 1.807) is 48.5 Å². The molecule has 0 aromatic heterocycles. The summed E-state index contributed by atoms with van der Waals surface area (Å²) in [6.45, 7) is -0.0999. The van der Waals surface area contributed by atoms with Crippen LogP contribution in [-0.4, -0.2) is 47.7 Å². The minimum absolute atomic E-state index is 0.110. The highest BCUT2D eigenvalue weighted by Gasteiger charge is 2.43. The molecule has 0 saturated carbocycles. The van der Waals surface area contributed by atoms with Crippen molar-refractivity contribution in [2.75, 3.05) is 30.1 Å². The van der Waals surface area contributed by atoms with Gasteiger partial charge in [-0.15, -0.1) is 0 Å². The van der Waals surface area contributed by atoms with Crippen LogP contribution in [-0.2, 0) is 9.59 Å². The van der Waals surface area contributed by atoms with E-state index in [0.29, 0.717) is 17.1 Å². The number of methoxy groups -OCH3 is 1. The second-order valence-corrected chi connectivity index (χ2v) is 7.18. The van der Waals surface area contributed by atoms with E-state index < -0.39 is 16.4 Å². The normalized spacial score (nSPS) is 16.4. The maximum absolute atomic E-state index is 12.8. The smallest absolute Gasteiger partial charge is 0.293 e. The Balaban J connectivity index is 1.78. The van der Waals surface area contributed by atoms with Crippen molar-refractivity contribution in [3.05, 3.63) is 54.6 Å². The summed E-state index contributed by atoms with van der Waals surface area (Å²) < 4.78 is 5.24. The lowest BCUT2D eigenvalue weighted by Gasteiger charge is -2.23. The van der Waals surface area contributed by atoms with E-state index in [1.807, 2.05) is 6.07 Å². The number of aliphatic hydroxyl groups excluding tert-OH is 1. The van der Waals surface area contributed by atoms with Gasteiger partial charge in [-0.3, -0.25) is 14.4 Å². The maximum atomic E-state index is 12.8. The standard InChI is InChI=1S/C20H20N2O5S/c1-27-16-10-6-5-9-15(16)22-19(25)17(28-20(22)26)13-18(24)21(11-12-23)14-7-3-2-4-8-14/h2-10,17,23H,11-13H2,1H3. The third kappa shape index (κ3) is 4.02. The summed E-state index contributed by atoms with van der Waals surface area (Å²) in [5.41, 5.74) is 0.989. The molecule has 1 heterocycles. The quantitative estimate of drug-likeness (QED) is 0.769. The van der Waals surface area contributed by atoms with Crippen LogP contribution in [0.25, 0.3) is 0 Å². The molecule has 28 heavy (non-hydrogen) atoms. The van der Waals surface area contributed by atoms with Gasteiger partial charge in [0.15, 0.2) is 0 Å². The summed E-state index contributed by atoms with van der Waals surface area (Å²) in [4.78, 5) is 40.6. The van der Waals surface area contributed by atoms with Crippen LogP contribution in [0.3, 0.4) is 0 Å². The number of hydrogen-bond acceptors (Lipinski definition) is 6. The molecule has 0 radical (unpaired) electrons. The Hall–Kier alpha value is -2.84. The molecule has 3 amide bonds. The van der Waals surface area contributed by atoms with Crippen molar-refractivity contribution >= 4 is 40.2 Å². The van der Waals surface area contributed by atoms with Gasteiger partial charge in [-0.05, 0) is 36.0 Å². The number of para-hydroxylation sites is 3. The number of carbonyl (C=O) groups is 3. The molecule has 0 bridgehead atoms. The number of amides is 3. The van der Waals surface area contributed by atoms with E-state index in [1.165, 1.54) is 12.0 Å². The molecule has 1 unspecified atom stereocenters. The van der Waals surface area contributed by atoms with Gasteiger partial charge < -0.3 is 14.7 Å². The Morgan fingerprint density at radius 1 is 1.14 bits per heavy atom. The summed E-state index contributed by atoms with van der Waals surface area (Å²) in [7, 11) is 1.46. The Labute approximate surface area is 166 Å². The van der Waals surface area contributed by atoms with Crippen LogP contribution in [0.4, 0.5) is 16.2 Å². The van der Waals surface area contributed by atoms with E-state index in [-0.39, 0.29) is 25.5 Å². The van der Waals surface area contributed by atoms with Crippen LogP contribution >= 0.6 is 11.8 Å². The molecule has 1 fully saturated rings. The first kappa shape index (κ1) is 19.9. The van der Waals surface area contributed by atoms with Gasteiger partial charge in [0.05, 0.1) is 19.4 Å². The first-order valence-electron chi connectivity index (χ1n) is 8.70. The molecular weight excluding hydrogens is 380 g/mol. The van der Waals surface area contributed by atoms with Crippen molar-refractivity contribution in [1.29, 1.82) is 0 Å². The molecule has 8 heteroatoms. The fraction of sp³-hybridized carbons (Fsp3) is 0.250. The molecule has 1 aliphatic rings. The molecule has 1 aliphatic heterocycles. The molecule has 7 nitrogen and oxygen atoms in total. The maximum Gasteiger partial charge on any atom is 0.293 e. The zero-order chi connectivity index (χ0) is 20.1. The molecule has 146 valence electrons. The number of anilines is 2. The van der Waals surface area contributed by atoms with Crippen molar-refractivity contribution in [2.24, 2.45) is 0 Å². The van der Waals surface area contributed by atoms with Gasteiger partial charge >= 0.3 is 0 Å². The Kier molecular flexibility index (Phi) is 6.33. The van der Waals surface area contributed by atoms with Crippen LogP contribution in [0.1, 0.15) is 6.42 Å². The highest BCUT2D eigenvalue weighted by atomic mass is 32.2. The van der Waals surface area contributed by atoms with Crippen molar-refractivity contribution < 1.29 is 24.2 Å². The Bertz CT molecular complexity index is 874. The monoisotopic (exact) mass is 400 g/mol. The van der Waals surface area contributed by atoms with Gasteiger partial charge in [0, 0.05) is 18.7 Å². The van der Waals surface area contributed by atoms with Crippen molar-refractivity contribution in [3.8, 4) is 5.75 Å². The number of aliphatic hydroxyl groups is 1. The van der Waals surface area contributed by atoms with Crippen LogP contribution in [0, 0.1) is 0 Å². The van der Waals surface area contributed by atoms with Gasteiger partial charge in [-0.25, -0.2) is 4.90 Å². The Morgan fingerprint density at radius 2 is 1.82 bits per heavy atom. The molecule has 2 aromatic carbocycles. The summed E-state index contributed by atoms with van der Waals surface area (Å²) in [6, 6.07) is 15.6. The van der Waals surface area contributed by atoms with E-state index in [0.717, 1.165) is 16.7 Å². The lowest BCUT2D eigenvalue weighted by molar-refractivity contribution is -0.122. The predicted octanol–water partition coefficient (Wildman–Crippen LogP) is 2.68. The number of thioether (sulfide) groups is 1. The largest absolute Gasteiger partial charge is 0.495 e. The number of carbonyl (C=O) groups excluding carboxylic acids is 3. The average molecular weight is 400 g/mol. The number of hydrogen-bond donors (Lipinski definition) is 1. The van der Waals surface area contributed by atoms with Gasteiger partial charge in [-0.1, -0.05) is 30.3 Å². The molecule has 2 aromatic rings. The third-order valence-electron chi connectivity index (χ3n) is 4.30. The molecule has 1 N–H and O–H groups in total. The van der Waals surface area contributed by atoms with Crippen LogP contribution < -0.4 is 14.5 Å². The number of imide groups is 1. The van der Waals surface area contributed by atoms with Crippen molar-refractivity contribution in [3.63, 3.8) is 0 Å². The SMILES string of the molecule is COc1ccccc1N1C(=O)SC(CC(=O)N(CCO)c2ccccc2)C1=O. The predicted molar refractivity (Wildman–Crippen MR) is 108 cm³/mol. The zero-order valence-corrected chi connectivity index (χ0v) is 16.1. The van der Waals surface area contributed by atoms with Gasteiger partial charge in [0.2, 0.25) is 11.8 Å². The Morgan fingerprint density at radius 3 is 2.50 bits per heavy atom. The summed E-state index contributed by atoms with van der Waals surface area (Å²) in [6.07, 6.45) is -0.143. The molecule has 1 atom stereocenters. The molecule has 3 rings (SSSR count). The van der Waals surface area contributed by atoms with E-state index in [4.69, 9.17) is 4.74 Å². The van der Waals surface area contributed by atoms with Crippen LogP contribution in [0.5, 0.6) is 5.75 Å². The fourth-order valence-electron chi connectivity index (χ4n) is 2.99. The number of rotatable bonds is 7. The molecule has 0 spiro atoms. The van der Waals surface area contributed by atoms with Gasteiger partial charge in [0.25, 0.3) is 5.24 Å². The highest BCUT2D eigenvalue weighted by molar-refractivity contribution is 8.15. The number of ether oxygens (including phenoxy) is 1. The van der Waals surface area contributed by atoms with E-state index in [9.17, 15) is 19.5 Å². The summed E-state index contributed by atoms with van der Waals surface area (Å²) in [5, 5.41) is 8.04. The second kappa shape index (κ2) is 8.90. The van der Waals surface area contributed by atoms with Crippen molar-refractivity contribution in [2.45, 2.75) is 11.7 Å². The van der Waals surface area contributed by atoms with Gasteiger partial charge in [-0.2, -0.15) is 0 Å². The topological polar surface area (TPSA) is 87.2 Å². The van der Waals surface area contributed by atoms with Gasteiger partial charge in [0.1, 0.15) is 11.0 Å². The lowest BCUT2D eigenvalue weighted by atomic mass is 10.2. The van der Waals surface area contributed by atoms with Crippen molar-refractivity contribution in [1.82, 2.24) is 0 Å². The lowest BCUT2D eigenvalue weighted by Crippen LogP contribution is -2.38. The first-order valence-corrected chi connectivity index (χ1v) is 9.58. The molecular formula is C20H20N2O5S. The average Bonchev–Trinajstić information content (AvgIpc) is 2.99.